The van der Waals surface area contributed by atoms with Crippen molar-refractivity contribution in [1.29, 1.82) is 0 Å². The van der Waals surface area contributed by atoms with Gasteiger partial charge in [-0.05, 0) is 31.2 Å². The zero-order valence-corrected chi connectivity index (χ0v) is 17.3. The highest BCUT2D eigenvalue weighted by Gasteiger charge is 2.25. The molecule has 1 aromatic rings. The average Bonchev–Trinajstić information content (AvgIpc) is 3.16. The summed E-state index contributed by atoms with van der Waals surface area (Å²) < 4.78 is 5.48. The second kappa shape index (κ2) is 10.3. The summed E-state index contributed by atoms with van der Waals surface area (Å²) in [6.45, 7) is 13.9. The van der Waals surface area contributed by atoms with Crippen molar-refractivity contribution in [2.24, 2.45) is 10.9 Å². The average molecular weight is 383 g/mol. The first-order chi connectivity index (χ1) is 12.4. The van der Waals surface area contributed by atoms with Crippen LogP contribution in [-0.4, -0.2) is 67.9 Å². The van der Waals surface area contributed by atoms with Gasteiger partial charge in [-0.3, -0.25) is 4.90 Å². The molecule has 0 amide bonds. The van der Waals surface area contributed by atoms with Crippen LogP contribution in [0.15, 0.2) is 22.5 Å². The van der Waals surface area contributed by atoms with Crippen LogP contribution in [0.5, 0.6) is 0 Å². The topological polar surface area (TPSA) is 69.1 Å². The molecular formula is C19H34N4O2S. The third kappa shape index (κ3) is 6.23. The molecule has 0 saturated carbocycles. The number of hydrogen-bond donors (Lipinski definition) is 3. The van der Waals surface area contributed by atoms with E-state index in [0.717, 1.165) is 50.2 Å². The number of ether oxygens (including phenoxy) is 1. The molecule has 3 N–H and O–H groups in total. The number of nitrogens with zero attached hydrogens (tertiary/aromatic N) is 2. The van der Waals surface area contributed by atoms with E-state index in [1.54, 1.807) is 11.3 Å². The van der Waals surface area contributed by atoms with Crippen LogP contribution >= 0.6 is 11.3 Å². The Kier molecular flexibility index (Phi) is 8.34. The minimum Gasteiger partial charge on any atom is -0.383 e. The van der Waals surface area contributed by atoms with E-state index >= 15 is 0 Å². The second-order valence-corrected chi connectivity index (χ2v) is 8.23. The van der Waals surface area contributed by atoms with E-state index in [0.29, 0.717) is 18.5 Å². The highest BCUT2D eigenvalue weighted by Crippen LogP contribution is 2.25. The summed E-state index contributed by atoms with van der Waals surface area (Å²) in [5.41, 5.74) is -0.946. The highest BCUT2D eigenvalue weighted by molar-refractivity contribution is 7.10. The van der Waals surface area contributed by atoms with Gasteiger partial charge in [0.15, 0.2) is 5.96 Å². The Balaban J connectivity index is 1.97. The molecule has 26 heavy (non-hydrogen) atoms. The molecule has 2 atom stereocenters. The van der Waals surface area contributed by atoms with Gasteiger partial charge in [-0.15, -0.1) is 11.3 Å². The van der Waals surface area contributed by atoms with Crippen LogP contribution in [-0.2, 0) is 10.3 Å². The Hall–Kier alpha value is -1.15. The summed E-state index contributed by atoms with van der Waals surface area (Å²) in [5, 5.41) is 19.4. The first kappa shape index (κ1) is 21.2. The van der Waals surface area contributed by atoms with Crippen LogP contribution in [0.4, 0.5) is 0 Å². The first-order valence-electron chi connectivity index (χ1n) is 9.54. The lowest BCUT2D eigenvalue weighted by Crippen LogP contribution is -2.52. The van der Waals surface area contributed by atoms with Gasteiger partial charge in [0.1, 0.15) is 5.60 Å². The maximum absolute atomic E-state index is 10.7. The van der Waals surface area contributed by atoms with Crippen LogP contribution in [0.1, 0.15) is 32.6 Å². The molecule has 1 aliphatic rings. The van der Waals surface area contributed by atoms with E-state index in [9.17, 15) is 5.11 Å². The minimum absolute atomic E-state index is 0.326. The van der Waals surface area contributed by atoms with E-state index in [-0.39, 0.29) is 0 Å². The number of aliphatic hydroxyl groups is 1. The SMILES string of the molecule is CCNC(=NCC(C)(O)c1cccs1)NCC(C(C)C)N1CCOCC1. The number of thiophene rings is 1. The molecule has 1 aliphatic heterocycles. The van der Waals surface area contributed by atoms with Gasteiger partial charge in [0, 0.05) is 37.1 Å². The molecule has 148 valence electrons. The molecule has 0 aromatic carbocycles. The number of nitrogens with one attached hydrogen (secondary N) is 2. The summed E-state index contributed by atoms with van der Waals surface area (Å²) in [6.07, 6.45) is 0. The van der Waals surface area contributed by atoms with Crippen molar-refractivity contribution in [2.45, 2.75) is 39.3 Å². The molecule has 2 unspecified atom stereocenters. The van der Waals surface area contributed by atoms with E-state index in [1.165, 1.54) is 0 Å². The van der Waals surface area contributed by atoms with Gasteiger partial charge in [0.2, 0.25) is 0 Å². The third-order valence-electron chi connectivity index (χ3n) is 4.70. The standard InChI is InChI=1S/C19H34N4O2S/c1-5-20-18(22-14-19(4,24)17-7-6-12-26-17)21-13-16(15(2)3)23-8-10-25-11-9-23/h6-7,12,15-16,24H,5,8-11,13-14H2,1-4H3,(H2,20,21,22). The number of hydrogen-bond acceptors (Lipinski definition) is 5. The zero-order chi connectivity index (χ0) is 19.0. The molecule has 0 aliphatic carbocycles. The number of rotatable bonds is 8. The Labute approximate surface area is 161 Å². The second-order valence-electron chi connectivity index (χ2n) is 7.29. The van der Waals surface area contributed by atoms with Gasteiger partial charge in [0.25, 0.3) is 0 Å². The zero-order valence-electron chi connectivity index (χ0n) is 16.5. The van der Waals surface area contributed by atoms with Crippen molar-refractivity contribution in [2.75, 3.05) is 45.9 Å². The molecule has 0 radical (unpaired) electrons. The molecule has 2 rings (SSSR count). The molecule has 1 saturated heterocycles. The maximum Gasteiger partial charge on any atom is 0.191 e. The number of guanidine groups is 1. The van der Waals surface area contributed by atoms with E-state index in [2.05, 4.69) is 41.3 Å². The monoisotopic (exact) mass is 382 g/mol. The van der Waals surface area contributed by atoms with Crippen molar-refractivity contribution >= 4 is 17.3 Å². The van der Waals surface area contributed by atoms with Crippen LogP contribution < -0.4 is 10.6 Å². The summed E-state index contributed by atoms with van der Waals surface area (Å²) in [6, 6.07) is 4.34. The third-order valence-corrected chi connectivity index (χ3v) is 5.83. The Morgan fingerprint density at radius 3 is 2.69 bits per heavy atom. The molecule has 1 fully saturated rings. The highest BCUT2D eigenvalue weighted by atomic mass is 32.1. The van der Waals surface area contributed by atoms with Crippen LogP contribution in [0.2, 0.25) is 0 Å². The minimum atomic E-state index is -0.946. The summed E-state index contributed by atoms with van der Waals surface area (Å²) >= 11 is 1.56. The van der Waals surface area contributed by atoms with E-state index < -0.39 is 5.60 Å². The lowest BCUT2D eigenvalue weighted by atomic mass is 10.0. The molecule has 1 aromatic heterocycles. The van der Waals surface area contributed by atoms with Gasteiger partial charge >= 0.3 is 0 Å². The lowest BCUT2D eigenvalue weighted by Gasteiger charge is -2.37. The van der Waals surface area contributed by atoms with Gasteiger partial charge < -0.3 is 20.5 Å². The van der Waals surface area contributed by atoms with Crippen LogP contribution in [0.3, 0.4) is 0 Å². The van der Waals surface area contributed by atoms with E-state index in [4.69, 9.17) is 4.74 Å². The Morgan fingerprint density at radius 2 is 2.12 bits per heavy atom. The molecule has 7 heteroatoms. The van der Waals surface area contributed by atoms with Gasteiger partial charge in [-0.25, -0.2) is 4.99 Å². The maximum atomic E-state index is 10.7. The number of morpholine rings is 1. The Bertz CT molecular complexity index is 540. The van der Waals surface area contributed by atoms with Gasteiger partial charge in [-0.2, -0.15) is 0 Å². The van der Waals surface area contributed by atoms with Crippen LogP contribution in [0, 0.1) is 5.92 Å². The Morgan fingerprint density at radius 1 is 1.38 bits per heavy atom. The van der Waals surface area contributed by atoms with Gasteiger partial charge in [-0.1, -0.05) is 19.9 Å². The predicted octanol–water partition coefficient (Wildman–Crippen LogP) is 1.87. The summed E-state index contributed by atoms with van der Waals surface area (Å²) in [4.78, 5) is 8.05. The van der Waals surface area contributed by atoms with E-state index in [1.807, 2.05) is 24.4 Å². The molecule has 2 heterocycles. The summed E-state index contributed by atoms with van der Waals surface area (Å²) in [5.74, 6) is 1.29. The normalized spacial score (nSPS) is 20.0. The fourth-order valence-corrected chi connectivity index (χ4v) is 3.91. The van der Waals surface area contributed by atoms with Gasteiger partial charge in [0.05, 0.1) is 19.8 Å². The van der Waals surface area contributed by atoms with Crippen LogP contribution in [0.25, 0.3) is 0 Å². The lowest BCUT2D eigenvalue weighted by molar-refractivity contribution is 0.00750. The summed E-state index contributed by atoms with van der Waals surface area (Å²) in [7, 11) is 0. The molecule has 0 bridgehead atoms. The quantitative estimate of drug-likeness (QED) is 0.473. The largest absolute Gasteiger partial charge is 0.383 e. The first-order valence-corrected chi connectivity index (χ1v) is 10.4. The van der Waals surface area contributed by atoms with Crippen molar-refractivity contribution < 1.29 is 9.84 Å². The van der Waals surface area contributed by atoms with Crippen molar-refractivity contribution in [3.05, 3.63) is 22.4 Å². The molecule has 0 spiro atoms. The number of aliphatic imine (C=N–C) groups is 1. The fourth-order valence-electron chi connectivity index (χ4n) is 3.13. The van der Waals surface area contributed by atoms with Crippen molar-refractivity contribution in [3.8, 4) is 0 Å². The smallest absolute Gasteiger partial charge is 0.191 e. The molecular weight excluding hydrogens is 348 g/mol. The van der Waals surface area contributed by atoms with Crippen molar-refractivity contribution in [3.63, 3.8) is 0 Å². The fraction of sp³-hybridized carbons (Fsp3) is 0.737. The molecule has 6 nitrogen and oxygen atoms in total. The van der Waals surface area contributed by atoms with Crippen molar-refractivity contribution in [1.82, 2.24) is 15.5 Å². The predicted molar refractivity (Wildman–Crippen MR) is 109 cm³/mol.